The van der Waals surface area contributed by atoms with Crippen LogP contribution in [0.3, 0.4) is 0 Å². The Morgan fingerprint density at radius 1 is 1.38 bits per heavy atom. The zero-order valence-electron chi connectivity index (χ0n) is 12.5. The van der Waals surface area contributed by atoms with E-state index < -0.39 is 5.97 Å². The van der Waals surface area contributed by atoms with Gasteiger partial charge in [0, 0.05) is 18.8 Å². The summed E-state index contributed by atoms with van der Waals surface area (Å²) in [6.07, 6.45) is 8.39. The van der Waals surface area contributed by atoms with E-state index in [-0.39, 0.29) is 24.4 Å². The van der Waals surface area contributed by atoms with Crippen LogP contribution in [0.25, 0.3) is 0 Å². The van der Waals surface area contributed by atoms with Gasteiger partial charge < -0.3 is 15.3 Å². The third kappa shape index (κ3) is 2.71. The molecule has 21 heavy (non-hydrogen) atoms. The summed E-state index contributed by atoms with van der Waals surface area (Å²) in [7, 11) is 1.82. The molecule has 2 N–H and O–H groups in total. The normalized spacial score (nSPS) is 34.0. The van der Waals surface area contributed by atoms with Crippen molar-refractivity contribution in [2.45, 2.75) is 44.6 Å². The highest BCUT2D eigenvalue weighted by Gasteiger charge is 2.50. The Hall–Kier alpha value is -1.36. The number of aliphatic carboxylic acids is 1. The Labute approximate surface area is 125 Å². The summed E-state index contributed by atoms with van der Waals surface area (Å²) >= 11 is 0. The van der Waals surface area contributed by atoms with Crippen LogP contribution < -0.4 is 5.32 Å². The number of carbonyl (C=O) groups is 2. The first-order valence-corrected chi connectivity index (χ1v) is 7.99. The summed E-state index contributed by atoms with van der Waals surface area (Å²) in [5.74, 6) is -0.253. The fraction of sp³-hybridized carbons (Fsp3) is 0.750. The third-order valence-electron chi connectivity index (χ3n) is 5.51. The van der Waals surface area contributed by atoms with Gasteiger partial charge in [-0.1, -0.05) is 6.08 Å². The van der Waals surface area contributed by atoms with Gasteiger partial charge in [0.05, 0.1) is 12.5 Å². The summed E-state index contributed by atoms with van der Waals surface area (Å²) in [6, 6.07) is -0.0313. The van der Waals surface area contributed by atoms with Gasteiger partial charge in [-0.2, -0.15) is 0 Å². The Morgan fingerprint density at radius 3 is 2.81 bits per heavy atom. The lowest BCUT2D eigenvalue weighted by Gasteiger charge is -2.29. The molecule has 0 aromatic rings. The number of amides is 1. The first-order valence-electron chi connectivity index (χ1n) is 7.99. The number of likely N-dealkylation sites (N-methyl/N-ethyl adjacent to an activating group) is 1. The van der Waals surface area contributed by atoms with Crippen molar-refractivity contribution < 1.29 is 14.7 Å². The van der Waals surface area contributed by atoms with Crippen LogP contribution in [0, 0.1) is 17.8 Å². The fourth-order valence-corrected chi connectivity index (χ4v) is 4.38. The van der Waals surface area contributed by atoms with Gasteiger partial charge in [-0.05, 0) is 50.4 Å². The van der Waals surface area contributed by atoms with E-state index in [1.807, 2.05) is 7.05 Å². The molecule has 2 saturated carbocycles. The van der Waals surface area contributed by atoms with Gasteiger partial charge in [-0.15, -0.1) is 0 Å². The van der Waals surface area contributed by atoms with Gasteiger partial charge in [0.25, 0.3) is 0 Å². The van der Waals surface area contributed by atoms with Gasteiger partial charge in [-0.25, -0.2) is 0 Å². The second kappa shape index (κ2) is 5.79. The summed E-state index contributed by atoms with van der Waals surface area (Å²) < 4.78 is 0. The number of hydrogen-bond donors (Lipinski definition) is 2. The van der Waals surface area contributed by atoms with Crippen molar-refractivity contribution in [3.05, 3.63) is 11.8 Å². The van der Waals surface area contributed by atoms with Crippen molar-refractivity contribution >= 4 is 11.9 Å². The first-order chi connectivity index (χ1) is 10.1. The van der Waals surface area contributed by atoms with E-state index in [4.69, 9.17) is 0 Å². The molecule has 1 amide bonds. The average Bonchev–Trinajstić information content (AvgIpc) is 3.18. The Bertz CT molecular complexity index is 474. The molecule has 0 aromatic heterocycles. The summed E-state index contributed by atoms with van der Waals surface area (Å²) in [5.41, 5.74) is 1.10. The number of carboxylic acid groups (broad SMARTS) is 1. The molecule has 4 atom stereocenters. The standard InChI is InChI=1S/C16H24N2O3/c1-18(12-4-2-3-5-12)13(19)9-17-15-11-7-6-10(8-11)14(15)16(20)21/h4,10-11,14-15,17H,2-3,5-9H2,1H3,(H,20,21). The Kier molecular flexibility index (Phi) is 4.02. The lowest BCUT2D eigenvalue weighted by atomic mass is 9.84. The van der Waals surface area contributed by atoms with E-state index in [9.17, 15) is 14.7 Å². The molecular weight excluding hydrogens is 268 g/mol. The minimum absolute atomic E-state index is 0.0313. The number of nitrogens with zero attached hydrogens (tertiary/aromatic N) is 1. The van der Waals surface area contributed by atoms with E-state index in [1.165, 1.54) is 0 Å². The maximum absolute atomic E-state index is 12.2. The van der Waals surface area contributed by atoms with Crippen LogP contribution >= 0.6 is 0 Å². The molecule has 2 fully saturated rings. The van der Waals surface area contributed by atoms with Gasteiger partial charge in [0.2, 0.25) is 5.91 Å². The molecule has 3 aliphatic carbocycles. The van der Waals surface area contributed by atoms with Crippen molar-refractivity contribution in [2.75, 3.05) is 13.6 Å². The van der Waals surface area contributed by atoms with E-state index in [0.717, 1.165) is 44.2 Å². The molecule has 0 heterocycles. The van der Waals surface area contributed by atoms with Crippen molar-refractivity contribution in [1.82, 2.24) is 10.2 Å². The van der Waals surface area contributed by atoms with Gasteiger partial charge >= 0.3 is 5.97 Å². The zero-order chi connectivity index (χ0) is 15.0. The first kappa shape index (κ1) is 14.6. The molecule has 2 bridgehead atoms. The molecule has 0 spiro atoms. The minimum atomic E-state index is -0.709. The number of nitrogens with one attached hydrogen (secondary N) is 1. The lowest BCUT2D eigenvalue weighted by Crippen LogP contribution is -2.47. The fourth-order valence-electron chi connectivity index (χ4n) is 4.38. The second-order valence-electron chi connectivity index (χ2n) is 6.64. The number of fused-ring (bicyclic) bond motifs is 2. The molecule has 5 heteroatoms. The highest BCUT2D eigenvalue weighted by molar-refractivity contribution is 5.80. The van der Waals surface area contributed by atoms with Crippen LogP contribution in [0.1, 0.15) is 38.5 Å². The average molecular weight is 292 g/mol. The number of carboxylic acids is 1. The topological polar surface area (TPSA) is 69.6 Å². The molecular formula is C16H24N2O3. The van der Waals surface area contributed by atoms with Crippen molar-refractivity contribution in [2.24, 2.45) is 17.8 Å². The van der Waals surface area contributed by atoms with Crippen molar-refractivity contribution in [3.63, 3.8) is 0 Å². The van der Waals surface area contributed by atoms with E-state index in [0.29, 0.717) is 11.8 Å². The molecule has 3 aliphatic rings. The maximum atomic E-state index is 12.2. The Morgan fingerprint density at radius 2 is 2.14 bits per heavy atom. The molecule has 5 nitrogen and oxygen atoms in total. The molecule has 0 aromatic carbocycles. The number of hydrogen-bond acceptors (Lipinski definition) is 3. The summed E-state index contributed by atoms with van der Waals surface area (Å²) in [5, 5.41) is 12.7. The van der Waals surface area contributed by atoms with Crippen LogP contribution in [0.5, 0.6) is 0 Å². The van der Waals surface area contributed by atoms with Crippen LogP contribution in [-0.2, 0) is 9.59 Å². The largest absolute Gasteiger partial charge is 0.481 e. The molecule has 0 aliphatic heterocycles. The van der Waals surface area contributed by atoms with Crippen LogP contribution in [0.4, 0.5) is 0 Å². The molecule has 116 valence electrons. The maximum Gasteiger partial charge on any atom is 0.308 e. The van der Waals surface area contributed by atoms with E-state index in [2.05, 4.69) is 11.4 Å². The van der Waals surface area contributed by atoms with Crippen LogP contribution in [-0.4, -0.2) is 41.5 Å². The highest BCUT2D eigenvalue weighted by atomic mass is 16.4. The number of allylic oxidation sites excluding steroid dienone is 2. The smallest absolute Gasteiger partial charge is 0.308 e. The summed E-state index contributed by atoms with van der Waals surface area (Å²) in [6.45, 7) is 0.242. The van der Waals surface area contributed by atoms with Gasteiger partial charge in [-0.3, -0.25) is 9.59 Å². The third-order valence-corrected chi connectivity index (χ3v) is 5.51. The molecule has 0 saturated heterocycles. The quantitative estimate of drug-likeness (QED) is 0.807. The highest BCUT2D eigenvalue weighted by Crippen LogP contribution is 2.48. The Balaban J connectivity index is 1.57. The second-order valence-corrected chi connectivity index (χ2v) is 6.64. The van der Waals surface area contributed by atoms with Crippen LogP contribution in [0.2, 0.25) is 0 Å². The summed E-state index contributed by atoms with van der Waals surface area (Å²) in [4.78, 5) is 25.4. The predicted molar refractivity (Wildman–Crippen MR) is 78.5 cm³/mol. The predicted octanol–water partition coefficient (Wildman–Crippen LogP) is 1.60. The monoisotopic (exact) mass is 292 g/mol. The van der Waals surface area contributed by atoms with E-state index >= 15 is 0 Å². The van der Waals surface area contributed by atoms with Gasteiger partial charge in [0.15, 0.2) is 0 Å². The van der Waals surface area contributed by atoms with Crippen molar-refractivity contribution in [3.8, 4) is 0 Å². The number of carbonyl (C=O) groups excluding carboxylic acids is 1. The van der Waals surface area contributed by atoms with Gasteiger partial charge in [0.1, 0.15) is 0 Å². The SMILES string of the molecule is CN(C(=O)CNC1C2CCC(C2)C1C(=O)O)C1=CCCC1. The lowest BCUT2D eigenvalue weighted by molar-refractivity contribution is -0.144. The number of rotatable bonds is 5. The molecule has 4 unspecified atom stereocenters. The minimum Gasteiger partial charge on any atom is -0.481 e. The van der Waals surface area contributed by atoms with E-state index in [1.54, 1.807) is 4.90 Å². The molecule has 3 rings (SSSR count). The zero-order valence-corrected chi connectivity index (χ0v) is 12.5. The van der Waals surface area contributed by atoms with Crippen molar-refractivity contribution in [1.29, 1.82) is 0 Å². The van der Waals surface area contributed by atoms with Crippen LogP contribution in [0.15, 0.2) is 11.8 Å². The molecule has 0 radical (unpaired) electrons.